The van der Waals surface area contributed by atoms with E-state index in [0.717, 1.165) is 18.7 Å². The molecule has 0 spiro atoms. The predicted molar refractivity (Wildman–Crippen MR) is 93.8 cm³/mol. The van der Waals surface area contributed by atoms with Crippen LogP contribution in [0.2, 0.25) is 0 Å². The molecule has 0 aliphatic carbocycles. The summed E-state index contributed by atoms with van der Waals surface area (Å²) in [6.07, 6.45) is 6.15. The molecule has 1 aliphatic heterocycles. The summed E-state index contributed by atoms with van der Waals surface area (Å²) in [6.45, 7) is 3.05. The molecular weight excluding hydrogens is 321 g/mol. The van der Waals surface area contributed by atoms with Gasteiger partial charge >= 0.3 is 0 Å². The number of hydrogen-bond acceptors (Lipinski definition) is 5. The summed E-state index contributed by atoms with van der Waals surface area (Å²) >= 11 is 0. The van der Waals surface area contributed by atoms with Gasteiger partial charge in [0.1, 0.15) is 5.82 Å². The van der Waals surface area contributed by atoms with Crippen LogP contribution in [0.3, 0.4) is 0 Å². The summed E-state index contributed by atoms with van der Waals surface area (Å²) in [6, 6.07) is 5.09. The van der Waals surface area contributed by atoms with Gasteiger partial charge in [-0.2, -0.15) is 0 Å². The van der Waals surface area contributed by atoms with Gasteiger partial charge < -0.3 is 15.1 Å². The second kappa shape index (κ2) is 7.45. The van der Waals surface area contributed by atoms with E-state index >= 15 is 0 Å². The molecular formula is C19H24FN3O2. The zero-order valence-corrected chi connectivity index (χ0v) is 14.5. The normalized spacial score (nSPS) is 16.9. The molecule has 1 aromatic carbocycles. The van der Waals surface area contributed by atoms with Crippen LogP contribution in [0.1, 0.15) is 36.5 Å². The number of aliphatic hydroxyl groups is 2. The highest BCUT2D eigenvalue weighted by atomic mass is 19.1. The maximum absolute atomic E-state index is 14.1. The number of nitrogens with zero attached hydrogens (tertiary/aromatic N) is 3. The zero-order valence-electron chi connectivity index (χ0n) is 14.5. The van der Waals surface area contributed by atoms with Crippen molar-refractivity contribution in [2.45, 2.75) is 44.8 Å². The van der Waals surface area contributed by atoms with E-state index in [-0.39, 0.29) is 12.4 Å². The third-order valence-corrected chi connectivity index (χ3v) is 4.83. The summed E-state index contributed by atoms with van der Waals surface area (Å²) in [4.78, 5) is 10.9. The van der Waals surface area contributed by atoms with Gasteiger partial charge in [-0.3, -0.25) is 0 Å². The first-order valence-corrected chi connectivity index (χ1v) is 8.64. The molecule has 2 aromatic rings. The molecule has 0 radical (unpaired) electrons. The lowest BCUT2D eigenvalue weighted by atomic mass is 9.94. The van der Waals surface area contributed by atoms with Gasteiger partial charge in [0.05, 0.1) is 12.2 Å². The molecule has 0 saturated carbocycles. The topological polar surface area (TPSA) is 69.5 Å². The fourth-order valence-corrected chi connectivity index (χ4v) is 3.06. The molecule has 25 heavy (non-hydrogen) atoms. The van der Waals surface area contributed by atoms with Crippen LogP contribution in [-0.2, 0) is 19.4 Å². The second-order valence-electron chi connectivity index (χ2n) is 6.92. The van der Waals surface area contributed by atoms with Crippen LogP contribution < -0.4 is 4.90 Å². The fraction of sp³-hybridized carbons (Fsp3) is 0.474. The number of halogens is 1. The monoisotopic (exact) mass is 345 g/mol. The molecule has 2 N–H and O–H groups in total. The number of benzene rings is 1. The highest BCUT2D eigenvalue weighted by molar-refractivity contribution is 5.31. The minimum atomic E-state index is -0.594. The van der Waals surface area contributed by atoms with E-state index in [4.69, 9.17) is 5.11 Å². The van der Waals surface area contributed by atoms with Gasteiger partial charge in [-0.1, -0.05) is 18.2 Å². The smallest absolute Gasteiger partial charge is 0.225 e. The highest BCUT2D eigenvalue weighted by Crippen LogP contribution is 2.23. The Kier molecular flexibility index (Phi) is 5.30. The third-order valence-electron chi connectivity index (χ3n) is 4.83. The first-order chi connectivity index (χ1) is 12.0. The van der Waals surface area contributed by atoms with Crippen LogP contribution in [0.15, 0.2) is 30.6 Å². The maximum atomic E-state index is 14.1. The van der Waals surface area contributed by atoms with Crippen molar-refractivity contribution in [2.75, 3.05) is 18.0 Å². The number of aromatic nitrogens is 2. The average Bonchev–Trinajstić information content (AvgIpc) is 2.61. The van der Waals surface area contributed by atoms with Crippen molar-refractivity contribution in [2.24, 2.45) is 0 Å². The van der Waals surface area contributed by atoms with Crippen molar-refractivity contribution in [3.05, 3.63) is 53.1 Å². The molecule has 0 atom stereocenters. The minimum Gasteiger partial charge on any atom is -0.392 e. The second-order valence-corrected chi connectivity index (χ2v) is 6.92. The van der Waals surface area contributed by atoms with Crippen LogP contribution in [0.25, 0.3) is 0 Å². The predicted octanol–water partition coefficient (Wildman–Crippen LogP) is 2.24. The molecule has 0 amide bonds. The summed E-state index contributed by atoms with van der Waals surface area (Å²) in [5.41, 5.74) is 1.27. The van der Waals surface area contributed by atoms with E-state index in [1.807, 2.05) is 6.92 Å². The van der Waals surface area contributed by atoms with Crippen molar-refractivity contribution in [3.8, 4) is 0 Å². The molecule has 0 unspecified atom stereocenters. The lowest BCUT2D eigenvalue weighted by Gasteiger charge is -2.35. The average molecular weight is 345 g/mol. The molecule has 5 nitrogen and oxygen atoms in total. The summed E-state index contributed by atoms with van der Waals surface area (Å²) in [7, 11) is 0. The van der Waals surface area contributed by atoms with Crippen molar-refractivity contribution >= 4 is 5.95 Å². The van der Waals surface area contributed by atoms with Gasteiger partial charge in [-0.05, 0) is 43.7 Å². The largest absolute Gasteiger partial charge is 0.392 e. The summed E-state index contributed by atoms with van der Waals surface area (Å²) in [5.74, 6) is 0.343. The van der Waals surface area contributed by atoms with Crippen LogP contribution in [0, 0.1) is 5.82 Å². The van der Waals surface area contributed by atoms with Gasteiger partial charge in [-0.15, -0.1) is 0 Å². The summed E-state index contributed by atoms with van der Waals surface area (Å²) in [5, 5.41) is 19.1. The van der Waals surface area contributed by atoms with E-state index in [9.17, 15) is 9.50 Å². The van der Waals surface area contributed by atoms with Gasteiger partial charge in [0, 0.05) is 31.0 Å². The molecule has 6 heteroatoms. The van der Waals surface area contributed by atoms with Crippen molar-refractivity contribution in [3.63, 3.8) is 0 Å². The Morgan fingerprint density at radius 2 is 1.76 bits per heavy atom. The maximum Gasteiger partial charge on any atom is 0.225 e. The Bertz CT molecular complexity index is 709. The molecule has 2 heterocycles. The number of piperidine rings is 1. The number of aliphatic hydroxyl groups excluding tert-OH is 1. The van der Waals surface area contributed by atoms with E-state index in [0.29, 0.717) is 42.8 Å². The van der Waals surface area contributed by atoms with Crippen LogP contribution in [0.4, 0.5) is 10.3 Å². The molecule has 1 saturated heterocycles. The first-order valence-electron chi connectivity index (χ1n) is 8.64. The van der Waals surface area contributed by atoms with Crippen LogP contribution in [-0.4, -0.2) is 38.9 Å². The Balaban J connectivity index is 1.60. The third kappa shape index (κ3) is 4.32. The molecule has 1 aromatic heterocycles. The Labute approximate surface area is 147 Å². The Morgan fingerprint density at radius 3 is 2.40 bits per heavy atom. The van der Waals surface area contributed by atoms with Crippen LogP contribution >= 0.6 is 0 Å². The van der Waals surface area contributed by atoms with Crippen molar-refractivity contribution in [1.82, 2.24) is 9.97 Å². The molecule has 134 valence electrons. The first kappa shape index (κ1) is 17.8. The van der Waals surface area contributed by atoms with Gasteiger partial charge in [0.25, 0.3) is 0 Å². The quantitative estimate of drug-likeness (QED) is 0.870. The lowest BCUT2D eigenvalue weighted by molar-refractivity contribution is 0.0349. The molecule has 3 rings (SSSR count). The van der Waals surface area contributed by atoms with Crippen LogP contribution in [0.5, 0.6) is 0 Å². The fourth-order valence-electron chi connectivity index (χ4n) is 3.06. The van der Waals surface area contributed by atoms with Gasteiger partial charge in [0.15, 0.2) is 0 Å². The van der Waals surface area contributed by atoms with Crippen molar-refractivity contribution < 1.29 is 14.6 Å². The van der Waals surface area contributed by atoms with E-state index < -0.39 is 5.60 Å². The highest BCUT2D eigenvalue weighted by Gasteiger charge is 2.28. The SMILES string of the molecule is CC1(O)CCN(c2ncc(CCc3cccc(CO)c3F)cn2)CC1. The minimum absolute atomic E-state index is 0.291. The number of aryl methyl sites for hydroxylation is 2. The molecule has 0 bridgehead atoms. The van der Waals surface area contributed by atoms with E-state index in [1.165, 1.54) is 0 Å². The zero-order chi connectivity index (χ0) is 17.9. The number of anilines is 1. The Hall–Kier alpha value is -2.05. The number of hydrogen-bond donors (Lipinski definition) is 2. The standard InChI is InChI=1S/C19H24FN3O2/c1-19(25)7-9-23(10-8-19)18-21-11-14(12-22-18)5-6-15-3-2-4-16(13-24)17(15)20/h2-4,11-12,24-25H,5-10,13H2,1H3. The summed E-state index contributed by atoms with van der Waals surface area (Å²) < 4.78 is 14.1. The van der Waals surface area contributed by atoms with E-state index in [1.54, 1.807) is 30.6 Å². The Morgan fingerprint density at radius 1 is 1.12 bits per heavy atom. The van der Waals surface area contributed by atoms with Crippen molar-refractivity contribution in [1.29, 1.82) is 0 Å². The van der Waals surface area contributed by atoms with E-state index in [2.05, 4.69) is 14.9 Å². The van der Waals surface area contributed by atoms with Gasteiger partial charge in [0.2, 0.25) is 5.95 Å². The lowest BCUT2D eigenvalue weighted by Crippen LogP contribution is -2.43. The number of rotatable bonds is 5. The molecule has 1 fully saturated rings. The van der Waals surface area contributed by atoms with Gasteiger partial charge in [-0.25, -0.2) is 14.4 Å². The molecule has 1 aliphatic rings.